The molecule has 0 bridgehead atoms. The second-order valence-electron chi connectivity index (χ2n) is 6.35. The smallest absolute Gasteiger partial charge is 0.180 e. The van der Waals surface area contributed by atoms with Gasteiger partial charge in [-0.2, -0.15) is 0 Å². The van der Waals surface area contributed by atoms with E-state index in [0.717, 1.165) is 22.2 Å². The van der Waals surface area contributed by atoms with E-state index in [9.17, 15) is 9.18 Å². The van der Waals surface area contributed by atoms with Gasteiger partial charge in [0, 0.05) is 29.6 Å². The molecule has 0 saturated heterocycles. The van der Waals surface area contributed by atoms with Crippen LogP contribution < -0.4 is 0 Å². The number of halogens is 1. The molecule has 2 heterocycles. The molecule has 0 spiro atoms. The van der Waals surface area contributed by atoms with Gasteiger partial charge in [-0.15, -0.1) is 0 Å². The Labute approximate surface area is 141 Å². The number of Topliss-reactive ketones (excluding diaryl/α,β-unsaturated/α-hetero) is 1. The van der Waals surface area contributed by atoms with Gasteiger partial charge in [0.25, 0.3) is 0 Å². The summed E-state index contributed by atoms with van der Waals surface area (Å²) in [6.07, 6.45) is 2.42. The Balaban J connectivity index is 2.25. The first-order valence-electron chi connectivity index (χ1n) is 8.23. The summed E-state index contributed by atoms with van der Waals surface area (Å²) in [6, 6.07) is 9.12. The van der Waals surface area contributed by atoms with Crippen LogP contribution in [0.15, 0.2) is 36.5 Å². The summed E-state index contributed by atoms with van der Waals surface area (Å²) in [7, 11) is 0. The van der Waals surface area contributed by atoms with Gasteiger partial charge >= 0.3 is 0 Å². The molecule has 0 aliphatic heterocycles. The van der Waals surface area contributed by atoms with E-state index in [-0.39, 0.29) is 17.6 Å². The fourth-order valence-corrected chi connectivity index (χ4v) is 2.85. The second-order valence-corrected chi connectivity index (χ2v) is 6.35. The Bertz CT molecular complexity index is 925. The minimum atomic E-state index is -0.219. The molecule has 0 fully saturated rings. The number of fused-ring (bicyclic) bond motifs is 1. The molecule has 3 rings (SSSR count). The van der Waals surface area contributed by atoms with E-state index in [4.69, 9.17) is 0 Å². The van der Waals surface area contributed by atoms with Crippen molar-refractivity contribution in [3.05, 3.63) is 53.6 Å². The number of aromatic nitrogens is 2. The van der Waals surface area contributed by atoms with Crippen LogP contribution >= 0.6 is 0 Å². The summed E-state index contributed by atoms with van der Waals surface area (Å²) in [4.78, 5) is 16.5. The normalized spacial score (nSPS) is 11.4. The fourth-order valence-electron chi connectivity index (χ4n) is 2.85. The molecule has 4 heteroatoms. The van der Waals surface area contributed by atoms with E-state index in [2.05, 4.69) is 18.8 Å². The summed E-state index contributed by atoms with van der Waals surface area (Å²) in [5.41, 5.74) is 3.62. The molecular weight excluding hydrogens is 303 g/mol. The van der Waals surface area contributed by atoms with Gasteiger partial charge < -0.3 is 4.57 Å². The quantitative estimate of drug-likeness (QED) is 0.608. The van der Waals surface area contributed by atoms with Crippen LogP contribution in [-0.4, -0.2) is 15.3 Å². The predicted octanol–water partition coefficient (Wildman–Crippen LogP) is 5.32. The first kappa shape index (κ1) is 16.4. The molecule has 0 aliphatic rings. The SMILES string of the molecule is CCC(=O)c1ccc2c(-c3ccc(C)c(F)c3)cn(C(C)C)c2n1. The maximum Gasteiger partial charge on any atom is 0.180 e. The van der Waals surface area contributed by atoms with Crippen molar-refractivity contribution in [3.8, 4) is 11.1 Å². The van der Waals surface area contributed by atoms with Gasteiger partial charge in [0.1, 0.15) is 17.2 Å². The summed E-state index contributed by atoms with van der Waals surface area (Å²) < 4.78 is 16.0. The van der Waals surface area contributed by atoms with Gasteiger partial charge in [-0.3, -0.25) is 4.79 Å². The van der Waals surface area contributed by atoms with Gasteiger partial charge in [0.05, 0.1) is 0 Å². The Kier molecular flexibility index (Phi) is 4.22. The molecule has 0 amide bonds. The third-order valence-corrected chi connectivity index (χ3v) is 4.32. The van der Waals surface area contributed by atoms with E-state index in [1.807, 2.05) is 29.8 Å². The van der Waals surface area contributed by atoms with Crippen molar-refractivity contribution in [2.24, 2.45) is 0 Å². The zero-order valence-corrected chi connectivity index (χ0v) is 14.4. The monoisotopic (exact) mass is 324 g/mol. The van der Waals surface area contributed by atoms with Crippen LogP contribution in [0.25, 0.3) is 22.2 Å². The van der Waals surface area contributed by atoms with E-state index in [1.54, 1.807) is 25.1 Å². The number of hydrogen-bond acceptors (Lipinski definition) is 2. The van der Waals surface area contributed by atoms with Gasteiger partial charge in [0.2, 0.25) is 0 Å². The minimum Gasteiger partial charge on any atom is -0.329 e. The number of hydrogen-bond donors (Lipinski definition) is 0. The summed E-state index contributed by atoms with van der Waals surface area (Å²) in [6.45, 7) is 7.71. The van der Waals surface area contributed by atoms with E-state index >= 15 is 0 Å². The van der Waals surface area contributed by atoms with Crippen molar-refractivity contribution < 1.29 is 9.18 Å². The highest BCUT2D eigenvalue weighted by atomic mass is 19.1. The number of aryl methyl sites for hydroxylation is 1. The molecule has 0 saturated carbocycles. The van der Waals surface area contributed by atoms with Gasteiger partial charge in [-0.05, 0) is 50.1 Å². The predicted molar refractivity (Wildman–Crippen MR) is 94.9 cm³/mol. The van der Waals surface area contributed by atoms with Crippen LogP contribution in [0.4, 0.5) is 4.39 Å². The zero-order chi connectivity index (χ0) is 17.4. The standard InChI is InChI=1S/C20H21FN2O/c1-5-19(24)18-9-8-15-16(11-23(12(2)3)20(15)22-18)14-7-6-13(4)17(21)10-14/h6-12H,5H2,1-4H3. The first-order chi connectivity index (χ1) is 11.4. The Morgan fingerprint density at radius 2 is 2.00 bits per heavy atom. The number of rotatable bonds is 4. The molecule has 3 nitrogen and oxygen atoms in total. The van der Waals surface area contributed by atoms with Crippen LogP contribution in [0.1, 0.15) is 49.3 Å². The van der Waals surface area contributed by atoms with Crippen molar-refractivity contribution in [2.75, 3.05) is 0 Å². The van der Waals surface area contributed by atoms with Gasteiger partial charge in [0.15, 0.2) is 5.78 Å². The van der Waals surface area contributed by atoms with Gasteiger partial charge in [-0.1, -0.05) is 19.1 Å². The highest BCUT2D eigenvalue weighted by molar-refractivity contribution is 5.99. The van der Waals surface area contributed by atoms with Crippen LogP contribution in [-0.2, 0) is 0 Å². The molecule has 0 atom stereocenters. The molecule has 24 heavy (non-hydrogen) atoms. The lowest BCUT2D eigenvalue weighted by Crippen LogP contribution is -2.04. The zero-order valence-electron chi connectivity index (χ0n) is 14.4. The number of benzene rings is 1. The Hall–Kier alpha value is -2.49. The fraction of sp³-hybridized carbons (Fsp3) is 0.300. The van der Waals surface area contributed by atoms with Crippen LogP contribution in [0, 0.1) is 12.7 Å². The second kappa shape index (κ2) is 6.19. The number of carbonyl (C=O) groups is 1. The molecule has 0 radical (unpaired) electrons. The van der Waals surface area contributed by atoms with Crippen LogP contribution in [0.3, 0.4) is 0 Å². The largest absolute Gasteiger partial charge is 0.329 e. The third-order valence-electron chi connectivity index (χ3n) is 4.32. The van der Waals surface area contributed by atoms with Crippen LogP contribution in [0.5, 0.6) is 0 Å². The average molecular weight is 324 g/mol. The molecule has 124 valence electrons. The lowest BCUT2D eigenvalue weighted by molar-refractivity contribution is 0.0983. The van der Waals surface area contributed by atoms with Gasteiger partial charge in [-0.25, -0.2) is 9.37 Å². The van der Waals surface area contributed by atoms with E-state index in [0.29, 0.717) is 17.7 Å². The molecule has 0 unspecified atom stereocenters. The molecule has 0 aliphatic carbocycles. The van der Waals surface area contributed by atoms with Crippen molar-refractivity contribution in [2.45, 2.75) is 40.2 Å². The van der Waals surface area contributed by atoms with Crippen LogP contribution in [0.2, 0.25) is 0 Å². The minimum absolute atomic E-state index is 0.0244. The van der Waals surface area contributed by atoms with E-state index in [1.165, 1.54) is 0 Å². The van der Waals surface area contributed by atoms with Crippen molar-refractivity contribution in [1.29, 1.82) is 0 Å². The molecule has 3 aromatic rings. The number of ketones is 1. The Morgan fingerprint density at radius 1 is 1.25 bits per heavy atom. The average Bonchev–Trinajstić information content (AvgIpc) is 2.95. The third kappa shape index (κ3) is 2.73. The topological polar surface area (TPSA) is 34.9 Å². The van der Waals surface area contributed by atoms with Crippen molar-refractivity contribution >= 4 is 16.8 Å². The lowest BCUT2D eigenvalue weighted by Gasteiger charge is -2.08. The maximum atomic E-state index is 14.0. The highest BCUT2D eigenvalue weighted by Crippen LogP contribution is 2.32. The van der Waals surface area contributed by atoms with Crippen molar-refractivity contribution in [1.82, 2.24) is 9.55 Å². The number of nitrogens with zero attached hydrogens (tertiary/aromatic N) is 2. The number of pyridine rings is 1. The molecule has 0 N–H and O–H groups in total. The molecule has 1 aromatic carbocycles. The Morgan fingerprint density at radius 3 is 2.62 bits per heavy atom. The van der Waals surface area contributed by atoms with Crippen molar-refractivity contribution in [3.63, 3.8) is 0 Å². The lowest BCUT2D eigenvalue weighted by atomic mass is 10.0. The first-order valence-corrected chi connectivity index (χ1v) is 8.23. The molecule has 2 aromatic heterocycles. The summed E-state index contributed by atoms with van der Waals surface area (Å²) >= 11 is 0. The maximum absolute atomic E-state index is 14.0. The van der Waals surface area contributed by atoms with E-state index < -0.39 is 0 Å². The summed E-state index contributed by atoms with van der Waals surface area (Å²) in [5, 5.41) is 0.930. The molecular formula is C20H21FN2O. The number of carbonyl (C=O) groups excluding carboxylic acids is 1. The highest BCUT2D eigenvalue weighted by Gasteiger charge is 2.16. The summed E-state index contributed by atoms with van der Waals surface area (Å²) in [5.74, 6) is -0.194.